The Morgan fingerprint density at radius 3 is 2.38 bits per heavy atom. The summed E-state index contributed by atoms with van der Waals surface area (Å²) >= 11 is 6.81. The van der Waals surface area contributed by atoms with Gasteiger partial charge >= 0.3 is 5.97 Å². The smallest absolute Gasteiger partial charge is 0.325 e. The van der Waals surface area contributed by atoms with Crippen LogP contribution in [0.4, 0.5) is 0 Å². The van der Waals surface area contributed by atoms with Gasteiger partial charge in [-0.3, -0.25) is 9.69 Å². The minimum atomic E-state index is -0.933. The molecule has 0 radical (unpaired) electrons. The number of carboxylic acids is 1. The van der Waals surface area contributed by atoms with Crippen LogP contribution in [0.1, 0.15) is 42.6 Å². The number of halogens is 1. The van der Waals surface area contributed by atoms with Gasteiger partial charge in [0.15, 0.2) is 16.7 Å². The summed E-state index contributed by atoms with van der Waals surface area (Å²) in [5, 5.41) is 10.9. The number of hydrogen-bond donors (Lipinski definition) is 1. The Morgan fingerprint density at radius 2 is 1.69 bits per heavy atom. The Kier molecular flexibility index (Phi) is 8.49. The maximum atomic E-state index is 12.8. The Morgan fingerprint density at radius 1 is 1.00 bits per heavy atom. The number of imidazole rings is 1. The van der Waals surface area contributed by atoms with Crippen LogP contribution in [0, 0.1) is 0 Å². The van der Waals surface area contributed by atoms with Gasteiger partial charge in [-0.2, -0.15) is 0 Å². The molecular weight excluding hydrogens is 514 g/mol. The van der Waals surface area contributed by atoms with Gasteiger partial charge in [-0.25, -0.2) is 4.98 Å². The highest BCUT2D eigenvalue weighted by molar-refractivity contribution is 6.30. The number of unbranched alkanes of at least 4 members (excludes halogenated alkanes) is 1. The minimum absolute atomic E-state index is 0.294. The van der Waals surface area contributed by atoms with Crippen LogP contribution in [0.25, 0.3) is 11.4 Å². The molecule has 1 aliphatic rings. The molecule has 0 amide bonds. The molecule has 5 rings (SSSR count). The van der Waals surface area contributed by atoms with Crippen LogP contribution in [0.5, 0.6) is 11.5 Å². The summed E-state index contributed by atoms with van der Waals surface area (Å²) in [7, 11) is 0. The molecule has 8 heteroatoms. The number of ether oxygens (including phenoxy) is 2. The second kappa shape index (κ2) is 12.4. The van der Waals surface area contributed by atoms with Crippen LogP contribution < -0.4 is 9.47 Å². The van der Waals surface area contributed by atoms with Crippen LogP contribution in [-0.4, -0.2) is 38.7 Å². The quantitative estimate of drug-likeness (QED) is 0.229. The number of rotatable bonds is 11. The number of hydrogen-bond acceptors (Lipinski definition) is 5. The van der Waals surface area contributed by atoms with E-state index in [1.807, 2.05) is 83.8 Å². The molecule has 3 aromatic carbocycles. The fraction of sp³-hybridized carbons (Fsp3) is 0.290. The molecule has 1 aromatic heterocycles. The number of carboxylic acid groups (broad SMARTS) is 1. The normalized spacial score (nSPS) is 13.4. The van der Waals surface area contributed by atoms with Crippen molar-refractivity contribution in [3.05, 3.63) is 101 Å². The number of carbonyl (C=O) groups is 1. The van der Waals surface area contributed by atoms with Crippen LogP contribution in [-0.2, 0) is 24.4 Å². The maximum Gasteiger partial charge on any atom is 0.325 e. The second-order valence-corrected chi connectivity index (χ2v) is 9.94. The molecule has 1 atom stereocenters. The summed E-state index contributed by atoms with van der Waals surface area (Å²) in [6, 6.07) is 24.1. The third kappa shape index (κ3) is 6.10. The molecule has 0 saturated heterocycles. The van der Waals surface area contributed by atoms with E-state index in [1.165, 1.54) is 0 Å². The lowest BCUT2D eigenvalue weighted by molar-refractivity contribution is -0.144. The molecular formula is C31H32ClN3O4. The maximum absolute atomic E-state index is 12.8. The number of fused-ring (bicyclic) bond motifs is 1. The summed E-state index contributed by atoms with van der Waals surface area (Å²) < 4.78 is 13.6. The molecule has 0 bridgehead atoms. The Balaban J connectivity index is 1.57. The lowest BCUT2D eigenvalue weighted by Gasteiger charge is -2.30. The average Bonchev–Trinajstić information content (AvgIpc) is 3.27. The van der Waals surface area contributed by atoms with Crippen LogP contribution in [0.2, 0.25) is 5.15 Å². The first kappa shape index (κ1) is 26.8. The highest BCUT2D eigenvalue weighted by Crippen LogP contribution is 2.34. The molecule has 39 heavy (non-hydrogen) atoms. The van der Waals surface area contributed by atoms with Crippen molar-refractivity contribution in [1.29, 1.82) is 0 Å². The second-order valence-electron chi connectivity index (χ2n) is 9.58. The fourth-order valence-corrected chi connectivity index (χ4v) is 5.21. The molecule has 1 unspecified atom stereocenters. The largest absolute Gasteiger partial charge is 0.486 e. The number of benzene rings is 3. The zero-order valence-electron chi connectivity index (χ0n) is 21.9. The van der Waals surface area contributed by atoms with Gasteiger partial charge in [0.05, 0.1) is 5.69 Å². The van der Waals surface area contributed by atoms with Gasteiger partial charge in [0.2, 0.25) is 0 Å². The molecule has 1 aliphatic heterocycles. The van der Waals surface area contributed by atoms with Crippen molar-refractivity contribution in [2.45, 2.75) is 45.4 Å². The zero-order valence-corrected chi connectivity index (χ0v) is 22.7. The standard InChI is InChI=1S/C31H32ClN3O4/c1-2-3-16-35-25(29(32)33-30(35)24-12-8-5-9-13-24)21-34(28(31(36)37)23-10-6-4-7-11-23)20-22-14-15-26-27(19-22)39-18-17-38-26/h4-15,19,28H,2-3,16-18,20-21H2,1H3,(H,36,37). The van der Waals surface area contributed by atoms with Crippen molar-refractivity contribution in [2.24, 2.45) is 0 Å². The SMILES string of the molecule is CCCCn1c(-c2ccccc2)nc(Cl)c1CN(Cc1ccc2c(c1)OCCO2)C(C(=O)O)c1ccccc1. The first-order valence-electron chi connectivity index (χ1n) is 13.3. The summed E-state index contributed by atoms with van der Waals surface area (Å²) in [6.07, 6.45) is 1.95. The van der Waals surface area contributed by atoms with Crippen LogP contribution >= 0.6 is 11.6 Å². The highest BCUT2D eigenvalue weighted by atomic mass is 35.5. The lowest BCUT2D eigenvalue weighted by Crippen LogP contribution is -2.34. The van der Waals surface area contributed by atoms with Gasteiger partial charge in [-0.05, 0) is 29.7 Å². The van der Waals surface area contributed by atoms with Gasteiger partial charge in [0.1, 0.15) is 25.1 Å². The lowest BCUT2D eigenvalue weighted by atomic mass is 10.0. The summed E-state index contributed by atoms with van der Waals surface area (Å²) in [4.78, 5) is 19.5. The van der Waals surface area contributed by atoms with E-state index >= 15 is 0 Å². The molecule has 4 aromatic rings. The molecule has 2 heterocycles. The van der Waals surface area contributed by atoms with Crippen molar-refractivity contribution in [3.63, 3.8) is 0 Å². The zero-order chi connectivity index (χ0) is 27.2. The summed E-state index contributed by atoms with van der Waals surface area (Å²) in [6.45, 7) is 4.52. The van der Waals surface area contributed by atoms with Crippen LogP contribution in [0.15, 0.2) is 78.9 Å². The van der Waals surface area contributed by atoms with Gasteiger partial charge in [0.25, 0.3) is 0 Å². The number of nitrogens with zero attached hydrogens (tertiary/aromatic N) is 3. The van der Waals surface area contributed by atoms with Gasteiger partial charge < -0.3 is 19.1 Å². The summed E-state index contributed by atoms with van der Waals surface area (Å²) in [5.41, 5.74) is 3.38. The minimum Gasteiger partial charge on any atom is -0.486 e. The fourth-order valence-electron chi connectivity index (χ4n) is 4.97. The van der Waals surface area contributed by atoms with Gasteiger partial charge in [-0.1, -0.05) is 91.7 Å². The van der Waals surface area contributed by atoms with E-state index in [1.54, 1.807) is 0 Å². The molecule has 1 N–H and O–H groups in total. The third-order valence-electron chi connectivity index (χ3n) is 6.85. The van der Waals surface area contributed by atoms with E-state index in [0.717, 1.165) is 42.0 Å². The third-order valence-corrected chi connectivity index (χ3v) is 7.15. The topological polar surface area (TPSA) is 76.8 Å². The Labute approximate surface area is 233 Å². The molecule has 0 saturated carbocycles. The van der Waals surface area contributed by atoms with E-state index in [-0.39, 0.29) is 0 Å². The molecule has 0 spiro atoms. The van der Waals surface area contributed by atoms with E-state index in [9.17, 15) is 9.90 Å². The van der Waals surface area contributed by atoms with Gasteiger partial charge in [-0.15, -0.1) is 0 Å². The highest BCUT2D eigenvalue weighted by Gasteiger charge is 2.30. The molecule has 0 aliphatic carbocycles. The predicted octanol–water partition coefficient (Wildman–Crippen LogP) is 6.60. The molecule has 0 fully saturated rings. The number of aliphatic carboxylic acids is 1. The summed E-state index contributed by atoms with van der Waals surface area (Å²) in [5.74, 6) is 1.22. The van der Waals surface area contributed by atoms with Crippen molar-refractivity contribution in [3.8, 4) is 22.9 Å². The van der Waals surface area contributed by atoms with Crippen molar-refractivity contribution in [2.75, 3.05) is 13.2 Å². The van der Waals surface area contributed by atoms with Crippen molar-refractivity contribution >= 4 is 17.6 Å². The van der Waals surface area contributed by atoms with Crippen LogP contribution in [0.3, 0.4) is 0 Å². The number of aromatic nitrogens is 2. The first-order valence-corrected chi connectivity index (χ1v) is 13.6. The van der Waals surface area contributed by atoms with E-state index in [0.29, 0.717) is 48.5 Å². The Hall–Kier alpha value is -3.81. The van der Waals surface area contributed by atoms with Gasteiger partial charge in [0, 0.05) is 25.2 Å². The van der Waals surface area contributed by atoms with Crippen molar-refractivity contribution in [1.82, 2.24) is 14.5 Å². The first-order chi connectivity index (χ1) is 19.0. The van der Waals surface area contributed by atoms with E-state index in [4.69, 9.17) is 26.1 Å². The molecule has 202 valence electrons. The van der Waals surface area contributed by atoms with E-state index in [2.05, 4.69) is 11.5 Å². The Bertz CT molecular complexity index is 1410. The average molecular weight is 546 g/mol. The monoisotopic (exact) mass is 545 g/mol. The molecule has 7 nitrogen and oxygen atoms in total. The van der Waals surface area contributed by atoms with E-state index < -0.39 is 12.0 Å². The predicted molar refractivity (Wildman–Crippen MR) is 151 cm³/mol. The van der Waals surface area contributed by atoms with Crippen molar-refractivity contribution < 1.29 is 19.4 Å².